The summed E-state index contributed by atoms with van der Waals surface area (Å²) in [6, 6.07) is 19.0. The fourth-order valence-corrected chi connectivity index (χ4v) is 2.31. The Morgan fingerprint density at radius 2 is 1.88 bits per heavy atom. The van der Waals surface area contributed by atoms with Gasteiger partial charge in [0.05, 0.1) is 13.3 Å². The normalized spacial score (nSPS) is 9.88. The molecule has 0 N–H and O–H groups in total. The van der Waals surface area contributed by atoms with Crippen molar-refractivity contribution in [2.45, 2.75) is 6.54 Å². The lowest BCUT2D eigenvalue weighted by molar-refractivity contribution is -0.686. The van der Waals surface area contributed by atoms with Crippen molar-refractivity contribution in [2.75, 3.05) is 7.11 Å². The van der Waals surface area contributed by atoms with Gasteiger partial charge in [-0.25, -0.2) is 4.57 Å². The highest BCUT2D eigenvalue weighted by atomic mass is 79.9. The number of hydrogen-bond donors (Lipinski definition) is 0. The van der Waals surface area contributed by atoms with Crippen molar-refractivity contribution in [3.8, 4) is 17.0 Å². The second-order valence-electron chi connectivity index (χ2n) is 5.14. The Balaban J connectivity index is 0.00000208. The van der Waals surface area contributed by atoms with E-state index in [4.69, 9.17) is 4.74 Å². The lowest BCUT2D eigenvalue weighted by Crippen LogP contribution is -3.00. The summed E-state index contributed by atoms with van der Waals surface area (Å²) in [5.74, 6) is 0.696. The highest BCUT2D eigenvalue weighted by Crippen LogP contribution is 2.14. The molecule has 0 aliphatic carbocycles. The van der Waals surface area contributed by atoms with Crippen LogP contribution in [0, 0.1) is 0 Å². The van der Waals surface area contributed by atoms with Gasteiger partial charge in [0.25, 0.3) is 6.33 Å². The molecule has 2 aromatic carbocycles. The number of hydrogen-bond acceptors (Lipinski definition) is 3. The van der Waals surface area contributed by atoms with E-state index in [2.05, 4.69) is 4.98 Å². The number of carbonyl (C=O) groups is 1. The van der Waals surface area contributed by atoms with Crippen molar-refractivity contribution in [2.24, 2.45) is 0 Å². The number of carbonyl (C=O) groups excluding carboxylic acids is 1. The number of ketones is 1. The minimum absolute atomic E-state index is 0. The molecule has 3 rings (SSSR count). The Kier molecular flexibility index (Phi) is 6.21. The zero-order valence-electron chi connectivity index (χ0n) is 13.2. The van der Waals surface area contributed by atoms with Gasteiger partial charge in [-0.15, -0.1) is 0 Å². The summed E-state index contributed by atoms with van der Waals surface area (Å²) in [4.78, 5) is 16.7. The van der Waals surface area contributed by atoms with Crippen LogP contribution in [0.4, 0.5) is 0 Å². The summed E-state index contributed by atoms with van der Waals surface area (Å²) in [5.41, 5.74) is 2.57. The summed E-state index contributed by atoms with van der Waals surface area (Å²) in [7, 11) is 1.59. The Bertz CT molecular complexity index is 805. The molecule has 0 saturated heterocycles. The minimum atomic E-state index is 0. The molecule has 0 amide bonds. The number of aromatic nitrogens is 2. The molecule has 5 heteroatoms. The quantitative estimate of drug-likeness (QED) is 0.456. The van der Waals surface area contributed by atoms with Crippen LogP contribution in [0.3, 0.4) is 0 Å². The molecule has 0 saturated carbocycles. The molecule has 24 heavy (non-hydrogen) atoms. The van der Waals surface area contributed by atoms with E-state index in [1.54, 1.807) is 30.1 Å². The van der Waals surface area contributed by atoms with Crippen molar-refractivity contribution < 1.29 is 31.1 Å². The standard InChI is InChI=1S/C19H17N2O2.BrH/c1-23-17-9-5-8-16(12-17)19(22)13-21-11-10-18(20-14-21)15-6-3-2-4-7-15;/h2-12,14H,13H2,1H3;1H/q+1;/p-1. The van der Waals surface area contributed by atoms with Gasteiger partial charge in [-0.3, -0.25) is 4.79 Å². The first-order valence-electron chi connectivity index (χ1n) is 7.34. The van der Waals surface area contributed by atoms with E-state index in [1.807, 2.05) is 54.7 Å². The van der Waals surface area contributed by atoms with Gasteiger partial charge in [0.15, 0.2) is 12.2 Å². The van der Waals surface area contributed by atoms with Crippen molar-refractivity contribution in [1.82, 2.24) is 4.98 Å². The highest BCUT2D eigenvalue weighted by Gasteiger charge is 2.12. The van der Waals surface area contributed by atoms with Crippen LogP contribution in [0.5, 0.6) is 5.75 Å². The number of nitrogens with zero attached hydrogens (tertiary/aromatic N) is 2. The van der Waals surface area contributed by atoms with Gasteiger partial charge in [-0.1, -0.05) is 42.5 Å². The van der Waals surface area contributed by atoms with Crippen LogP contribution in [0.1, 0.15) is 10.4 Å². The fourth-order valence-electron chi connectivity index (χ4n) is 2.31. The third kappa shape index (κ3) is 4.26. The first-order chi connectivity index (χ1) is 11.3. The summed E-state index contributed by atoms with van der Waals surface area (Å²) in [6.07, 6.45) is 3.55. The SMILES string of the molecule is COc1cccc(C(=O)C[n+]2ccc(-c3ccccc3)nc2)c1.[Br-]. The van der Waals surface area contributed by atoms with Crippen LogP contribution in [0.25, 0.3) is 11.3 Å². The molecule has 0 bridgehead atoms. The van der Waals surface area contributed by atoms with Crippen LogP contribution in [0.2, 0.25) is 0 Å². The molecule has 0 radical (unpaired) electrons. The fraction of sp³-hybridized carbons (Fsp3) is 0.105. The predicted octanol–water partition coefficient (Wildman–Crippen LogP) is -0.0684. The van der Waals surface area contributed by atoms with Crippen molar-refractivity contribution in [1.29, 1.82) is 0 Å². The predicted molar refractivity (Wildman–Crippen MR) is 87.2 cm³/mol. The maximum Gasteiger partial charge on any atom is 0.287 e. The molecule has 0 atom stereocenters. The van der Waals surface area contributed by atoms with Gasteiger partial charge in [0.2, 0.25) is 5.78 Å². The summed E-state index contributed by atoms with van der Waals surface area (Å²) in [5, 5.41) is 0. The molecule has 122 valence electrons. The number of benzene rings is 2. The zero-order valence-corrected chi connectivity index (χ0v) is 14.8. The zero-order chi connectivity index (χ0) is 16.1. The third-order valence-corrected chi connectivity index (χ3v) is 3.56. The maximum absolute atomic E-state index is 12.3. The molecule has 0 aliphatic rings. The largest absolute Gasteiger partial charge is 1.00 e. The van der Waals surface area contributed by atoms with Crippen LogP contribution in [-0.4, -0.2) is 17.9 Å². The van der Waals surface area contributed by atoms with Gasteiger partial charge < -0.3 is 21.7 Å². The number of halogens is 1. The van der Waals surface area contributed by atoms with Crippen LogP contribution in [0.15, 0.2) is 73.2 Å². The first-order valence-corrected chi connectivity index (χ1v) is 7.34. The third-order valence-electron chi connectivity index (χ3n) is 3.56. The van der Waals surface area contributed by atoms with E-state index in [9.17, 15) is 4.79 Å². The monoisotopic (exact) mass is 384 g/mol. The second kappa shape index (κ2) is 8.36. The molecule has 0 unspecified atom stereocenters. The Hall–Kier alpha value is -2.53. The lowest BCUT2D eigenvalue weighted by atomic mass is 10.1. The Morgan fingerprint density at radius 1 is 1.08 bits per heavy atom. The number of rotatable bonds is 5. The Morgan fingerprint density at radius 3 is 2.54 bits per heavy atom. The smallest absolute Gasteiger partial charge is 0.287 e. The lowest BCUT2D eigenvalue weighted by Gasteiger charge is -2.03. The van der Waals surface area contributed by atoms with Crippen molar-refractivity contribution >= 4 is 5.78 Å². The number of methoxy groups -OCH3 is 1. The number of ether oxygens (including phenoxy) is 1. The topological polar surface area (TPSA) is 43.1 Å². The molecule has 1 aromatic heterocycles. The van der Waals surface area contributed by atoms with Gasteiger partial charge >= 0.3 is 0 Å². The molecular formula is C19H17BrN2O2. The van der Waals surface area contributed by atoms with Crippen molar-refractivity contribution in [3.63, 3.8) is 0 Å². The molecule has 0 aliphatic heterocycles. The van der Waals surface area contributed by atoms with Gasteiger partial charge in [0.1, 0.15) is 5.75 Å². The second-order valence-corrected chi connectivity index (χ2v) is 5.14. The maximum atomic E-state index is 12.3. The molecule has 3 aromatic rings. The average molecular weight is 385 g/mol. The van der Waals surface area contributed by atoms with E-state index in [0.717, 1.165) is 11.3 Å². The van der Waals surface area contributed by atoms with E-state index >= 15 is 0 Å². The molecule has 0 spiro atoms. The summed E-state index contributed by atoms with van der Waals surface area (Å²) < 4.78 is 6.92. The van der Waals surface area contributed by atoms with E-state index in [0.29, 0.717) is 11.3 Å². The van der Waals surface area contributed by atoms with Crippen LogP contribution in [-0.2, 0) is 6.54 Å². The van der Waals surface area contributed by atoms with E-state index in [1.165, 1.54) is 0 Å². The summed E-state index contributed by atoms with van der Waals surface area (Å²) in [6.45, 7) is 0.245. The first kappa shape index (κ1) is 17.8. The molecule has 1 heterocycles. The molecule has 4 nitrogen and oxygen atoms in total. The van der Waals surface area contributed by atoms with Crippen LogP contribution < -0.4 is 26.3 Å². The Labute approximate surface area is 151 Å². The van der Waals surface area contributed by atoms with Gasteiger partial charge in [0, 0.05) is 17.2 Å². The highest BCUT2D eigenvalue weighted by molar-refractivity contribution is 5.95. The average Bonchev–Trinajstić information content (AvgIpc) is 2.63. The van der Waals surface area contributed by atoms with Crippen molar-refractivity contribution in [3.05, 3.63) is 78.8 Å². The summed E-state index contributed by atoms with van der Waals surface area (Å²) >= 11 is 0. The molecule has 0 fully saturated rings. The van der Waals surface area contributed by atoms with E-state index < -0.39 is 0 Å². The van der Waals surface area contributed by atoms with Crippen LogP contribution >= 0.6 is 0 Å². The number of Topliss-reactive ketones (excluding diaryl/α,β-unsaturated/α-hetero) is 1. The molecular weight excluding hydrogens is 368 g/mol. The minimum Gasteiger partial charge on any atom is -1.00 e. The van der Waals surface area contributed by atoms with Gasteiger partial charge in [-0.05, 0) is 17.1 Å². The van der Waals surface area contributed by atoms with E-state index in [-0.39, 0.29) is 29.3 Å². The van der Waals surface area contributed by atoms with Gasteiger partial charge in [-0.2, -0.15) is 0 Å².